The first-order valence-corrected chi connectivity index (χ1v) is 14.8. The second-order valence-corrected chi connectivity index (χ2v) is 12.2. The SMILES string of the molecule is COc1ccccc1[C@H]1c2sc(=O)n(CC(=O)Nc3ccc(O)cc3)c2SC2C(=O)N(c3cccc(C(F)(F)F)c3)C(=O)C21. The van der Waals surface area contributed by atoms with E-state index in [0.717, 1.165) is 46.2 Å². The lowest BCUT2D eigenvalue weighted by Crippen LogP contribution is -2.33. The smallest absolute Gasteiger partial charge is 0.416 e. The minimum Gasteiger partial charge on any atom is -0.508 e. The zero-order valence-corrected chi connectivity index (χ0v) is 24.3. The summed E-state index contributed by atoms with van der Waals surface area (Å²) in [5.41, 5.74) is -0.317. The molecule has 4 aromatic rings. The molecule has 44 heavy (non-hydrogen) atoms. The Morgan fingerprint density at radius 3 is 2.43 bits per heavy atom. The summed E-state index contributed by atoms with van der Waals surface area (Å²) in [7, 11) is 1.44. The number of aromatic hydroxyl groups is 1. The molecule has 9 nitrogen and oxygen atoms in total. The Kier molecular flexibility index (Phi) is 7.49. The molecule has 3 heterocycles. The number of carbonyl (C=O) groups excluding carboxylic acids is 3. The van der Waals surface area contributed by atoms with Crippen molar-refractivity contribution in [3.63, 3.8) is 0 Å². The van der Waals surface area contributed by atoms with Crippen LogP contribution in [-0.4, -0.2) is 39.8 Å². The molecule has 1 saturated heterocycles. The highest BCUT2D eigenvalue weighted by Gasteiger charge is 2.57. The van der Waals surface area contributed by atoms with Gasteiger partial charge in [-0.3, -0.25) is 23.7 Å². The second kappa shape index (κ2) is 11.2. The molecule has 0 spiro atoms. The number of hydrogen-bond acceptors (Lipinski definition) is 8. The Morgan fingerprint density at radius 2 is 1.73 bits per heavy atom. The zero-order chi connectivity index (χ0) is 31.3. The van der Waals surface area contributed by atoms with Gasteiger partial charge in [0.2, 0.25) is 17.7 Å². The van der Waals surface area contributed by atoms with E-state index in [9.17, 15) is 37.5 Å². The van der Waals surface area contributed by atoms with Crippen molar-refractivity contribution in [2.75, 3.05) is 17.3 Å². The molecule has 0 bridgehead atoms. The molecule has 3 amide bonds. The molecule has 2 unspecified atom stereocenters. The number of phenolic OH excluding ortho intramolecular Hbond substituents is 1. The molecule has 2 N–H and O–H groups in total. The summed E-state index contributed by atoms with van der Waals surface area (Å²) in [5, 5.41) is 11.4. The summed E-state index contributed by atoms with van der Waals surface area (Å²) < 4.78 is 47.3. The van der Waals surface area contributed by atoms with Gasteiger partial charge in [0.25, 0.3) is 0 Å². The molecule has 226 valence electrons. The van der Waals surface area contributed by atoms with Crippen LogP contribution in [-0.2, 0) is 27.1 Å². The van der Waals surface area contributed by atoms with Gasteiger partial charge in [-0.05, 0) is 48.5 Å². The van der Waals surface area contributed by atoms with E-state index in [1.54, 1.807) is 24.3 Å². The van der Waals surface area contributed by atoms with Gasteiger partial charge in [0.05, 0.1) is 29.3 Å². The predicted octanol–water partition coefficient (Wildman–Crippen LogP) is 5.08. The van der Waals surface area contributed by atoms with Gasteiger partial charge >= 0.3 is 11.0 Å². The molecule has 2 aliphatic rings. The van der Waals surface area contributed by atoms with Gasteiger partial charge in [-0.15, -0.1) is 0 Å². The fourth-order valence-corrected chi connectivity index (χ4v) is 8.24. The summed E-state index contributed by atoms with van der Waals surface area (Å²) in [5.74, 6) is -3.51. The number of ether oxygens (including phenoxy) is 1. The van der Waals surface area contributed by atoms with Crippen LogP contribution in [0.5, 0.6) is 11.5 Å². The fraction of sp³-hybridized carbons (Fsp3) is 0.200. The van der Waals surface area contributed by atoms with Gasteiger partial charge in [0, 0.05) is 22.0 Å². The van der Waals surface area contributed by atoms with Crippen LogP contribution in [0.2, 0.25) is 0 Å². The molecular weight excluding hydrogens is 619 g/mol. The third-order valence-electron chi connectivity index (χ3n) is 7.41. The lowest BCUT2D eigenvalue weighted by atomic mass is 9.82. The van der Waals surface area contributed by atoms with E-state index in [1.165, 1.54) is 42.0 Å². The molecule has 0 saturated carbocycles. The van der Waals surface area contributed by atoms with Crippen molar-refractivity contribution in [3.8, 4) is 11.5 Å². The Balaban J connectivity index is 1.43. The summed E-state index contributed by atoms with van der Waals surface area (Å²) in [4.78, 5) is 54.9. The highest BCUT2D eigenvalue weighted by Crippen LogP contribution is 2.55. The zero-order valence-electron chi connectivity index (χ0n) is 22.7. The van der Waals surface area contributed by atoms with Crippen molar-refractivity contribution in [2.45, 2.75) is 28.9 Å². The van der Waals surface area contributed by atoms with Gasteiger partial charge in [0.15, 0.2) is 0 Å². The normalized spacial score (nSPS) is 19.5. The maximum absolute atomic E-state index is 14.0. The number of thioether (sulfide) groups is 1. The van der Waals surface area contributed by atoms with E-state index < -0.39 is 58.0 Å². The number of carbonyl (C=O) groups is 3. The van der Waals surface area contributed by atoms with Crippen molar-refractivity contribution in [1.29, 1.82) is 0 Å². The number of anilines is 2. The summed E-state index contributed by atoms with van der Waals surface area (Å²) in [6, 6.07) is 16.6. The number of para-hydroxylation sites is 1. The van der Waals surface area contributed by atoms with Gasteiger partial charge in [-0.2, -0.15) is 13.2 Å². The van der Waals surface area contributed by atoms with Gasteiger partial charge in [-0.25, -0.2) is 4.90 Å². The lowest BCUT2D eigenvalue weighted by molar-refractivity contribution is -0.137. The van der Waals surface area contributed by atoms with Crippen LogP contribution in [0.15, 0.2) is 82.6 Å². The summed E-state index contributed by atoms with van der Waals surface area (Å²) in [6.07, 6.45) is -4.69. The van der Waals surface area contributed by atoms with E-state index in [0.29, 0.717) is 26.9 Å². The third-order valence-corrected chi connectivity index (χ3v) is 10.0. The number of methoxy groups -OCH3 is 1. The first-order valence-electron chi connectivity index (χ1n) is 13.1. The number of nitrogens with one attached hydrogen (secondary N) is 1. The number of imide groups is 1. The number of hydrogen-bond donors (Lipinski definition) is 2. The number of phenols is 1. The van der Waals surface area contributed by atoms with Crippen LogP contribution < -0.4 is 19.8 Å². The van der Waals surface area contributed by atoms with Gasteiger partial charge in [-0.1, -0.05) is 47.4 Å². The highest BCUT2D eigenvalue weighted by atomic mass is 32.2. The Hall–Kier alpha value is -4.56. The van der Waals surface area contributed by atoms with Crippen LogP contribution in [0.1, 0.15) is 21.9 Å². The molecule has 1 fully saturated rings. The molecule has 1 aromatic heterocycles. The van der Waals surface area contributed by atoms with Crippen LogP contribution >= 0.6 is 23.1 Å². The van der Waals surface area contributed by atoms with Gasteiger partial charge in [0.1, 0.15) is 23.3 Å². The quantitative estimate of drug-likeness (QED) is 0.223. The maximum atomic E-state index is 14.0. The van der Waals surface area contributed by atoms with Crippen LogP contribution in [0, 0.1) is 5.92 Å². The average Bonchev–Trinajstić information content (AvgIpc) is 3.44. The van der Waals surface area contributed by atoms with Crippen molar-refractivity contribution in [2.24, 2.45) is 5.92 Å². The van der Waals surface area contributed by atoms with Crippen molar-refractivity contribution >= 4 is 52.2 Å². The Bertz CT molecular complexity index is 1850. The molecular formula is C30H22F3N3O6S2. The van der Waals surface area contributed by atoms with Gasteiger partial charge < -0.3 is 15.2 Å². The molecule has 0 aliphatic carbocycles. The van der Waals surface area contributed by atoms with E-state index in [1.807, 2.05) is 0 Å². The number of thiazole rings is 1. The Morgan fingerprint density at radius 1 is 1.00 bits per heavy atom. The molecule has 6 rings (SSSR count). The monoisotopic (exact) mass is 641 g/mol. The summed E-state index contributed by atoms with van der Waals surface area (Å²) >= 11 is 1.77. The number of halogens is 3. The third kappa shape index (κ3) is 5.13. The molecule has 0 radical (unpaired) electrons. The molecule has 2 aliphatic heterocycles. The first-order chi connectivity index (χ1) is 21.0. The average molecular weight is 642 g/mol. The standard InChI is InChI=1S/C30H22F3N3O6S2/c1-42-20-8-3-2-7-19(20)22-23-24(27(40)36(26(23)39)17-6-4-5-15(13-17)30(31,32)33)43-28-25(22)44-29(41)35(28)14-21(38)34-16-9-11-18(37)12-10-16/h2-13,22-24,37H,14H2,1H3,(H,34,38)/t22-,23?,24?/m1/s1. The first kappa shape index (κ1) is 29.5. The van der Waals surface area contributed by atoms with Crippen molar-refractivity contribution in [1.82, 2.24) is 4.57 Å². The molecule has 14 heteroatoms. The van der Waals surface area contributed by atoms with Crippen molar-refractivity contribution in [3.05, 3.63) is 98.5 Å². The predicted molar refractivity (Wildman–Crippen MR) is 157 cm³/mol. The Labute approximate surface area is 255 Å². The molecule has 3 aromatic carbocycles. The van der Waals surface area contributed by atoms with E-state index in [2.05, 4.69) is 5.32 Å². The number of benzene rings is 3. The van der Waals surface area contributed by atoms with E-state index >= 15 is 0 Å². The number of aromatic nitrogens is 1. The number of amides is 3. The largest absolute Gasteiger partial charge is 0.508 e. The maximum Gasteiger partial charge on any atom is 0.416 e. The van der Waals surface area contributed by atoms with E-state index in [-0.39, 0.29) is 11.4 Å². The minimum atomic E-state index is -4.69. The fourth-order valence-electron chi connectivity index (χ4n) is 5.48. The van der Waals surface area contributed by atoms with Crippen LogP contribution in [0.25, 0.3) is 0 Å². The van der Waals surface area contributed by atoms with Crippen LogP contribution in [0.4, 0.5) is 24.5 Å². The molecule has 3 atom stereocenters. The number of fused-ring (bicyclic) bond motifs is 2. The van der Waals surface area contributed by atoms with Crippen molar-refractivity contribution < 1.29 is 37.4 Å². The topological polar surface area (TPSA) is 118 Å². The van der Waals surface area contributed by atoms with Crippen LogP contribution in [0.3, 0.4) is 0 Å². The number of nitrogens with zero attached hydrogens (tertiary/aromatic N) is 2. The lowest BCUT2D eigenvalue weighted by Gasteiger charge is -2.31. The minimum absolute atomic E-state index is 0.00872. The number of rotatable bonds is 6. The number of alkyl halides is 3. The summed E-state index contributed by atoms with van der Waals surface area (Å²) in [6.45, 7) is -0.409. The van der Waals surface area contributed by atoms with E-state index in [4.69, 9.17) is 4.74 Å². The highest BCUT2D eigenvalue weighted by molar-refractivity contribution is 8.00. The second-order valence-electron chi connectivity index (χ2n) is 10.1.